The lowest BCUT2D eigenvalue weighted by molar-refractivity contribution is 0.0147. The third kappa shape index (κ3) is 4.82. The van der Waals surface area contributed by atoms with Crippen LogP contribution in [0.15, 0.2) is 42.9 Å². The average Bonchev–Trinajstić information content (AvgIpc) is 3.30. The summed E-state index contributed by atoms with van der Waals surface area (Å²) < 4.78 is 1.85. The van der Waals surface area contributed by atoms with Gasteiger partial charge in [0.2, 0.25) is 5.95 Å². The topological polar surface area (TPSA) is 66.3 Å². The number of nitrogens with one attached hydrogen (secondary N) is 1. The Bertz CT molecular complexity index is 1160. The number of amides is 1. The first kappa shape index (κ1) is 24.2. The maximum atomic E-state index is 13.6. The number of likely N-dealkylation sites (tertiary alicyclic amines) is 1. The summed E-state index contributed by atoms with van der Waals surface area (Å²) in [6, 6.07) is 8.09. The number of nitrogens with zero attached hydrogens (tertiary/aromatic N) is 5. The molecule has 0 unspecified atom stereocenters. The van der Waals surface area contributed by atoms with Gasteiger partial charge in [0.25, 0.3) is 5.91 Å². The van der Waals surface area contributed by atoms with Crippen LogP contribution in [0.3, 0.4) is 0 Å². The fraction of sp³-hybridized carbons (Fsp3) is 0.519. The highest BCUT2D eigenvalue weighted by Gasteiger charge is 2.40. The van der Waals surface area contributed by atoms with E-state index in [4.69, 9.17) is 11.6 Å². The van der Waals surface area contributed by atoms with Crippen LogP contribution in [0.4, 0.5) is 0 Å². The Morgan fingerprint density at radius 1 is 1.11 bits per heavy atom. The van der Waals surface area contributed by atoms with Crippen LogP contribution in [0, 0.1) is 0 Å². The van der Waals surface area contributed by atoms with Gasteiger partial charge in [-0.05, 0) is 58.0 Å². The highest BCUT2D eigenvalue weighted by molar-refractivity contribution is 6.37. The number of hydrogen-bond acceptors (Lipinski definition) is 5. The third-order valence-corrected chi connectivity index (χ3v) is 8.33. The Hall–Kier alpha value is -2.48. The van der Waals surface area contributed by atoms with Gasteiger partial charge < -0.3 is 10.2 Å². The van der Waals surface area contributed by atoms with Gasteiger partial charge in [0.1, 0.15) is 0 Å². The molecule has 1 saturated carbocycles. The molecule has 5 rings (SSSR count). The molecule has 7 nitrogen and oxygen atoms in total. The van der Waals surface area contributed by atoms with Crippen molar-refractivity contribution < 1.29 is 4.79 Å². The Morgan fingerprint density at radius 2 is 1.83 bits per heavy atom. The molecule has 8 heteroatoms. The number of hydrogen-bond donors (Lipinski definition) is 1. The lowest BCUT2D eigenvalue weighted by Crippen LogP contribution is -2.59. The summed E-state index contributed by atoms with van der Waals surface area (Å²) in [5, 5.41) is 4.62. The molecule has 2 fully saturated rings. The van der Waals surface area contributed by atoms with Crippen LogP contribution in [0.25, 0.3) is 16.9 Å². The van der Waals surface area contributed by atoms with E-state index in [1.807, 2.05) is 29.0 Å². The first-order valence-corrected chi connectivity index (χ1v) is 13.1. The molecule has 2 aromatic heterocycles. The molecule has 35 heavy (non-hydrogen) atoms. The predicted molar refractivity (Wildman–Crippen MR) is 140 cm³/mol. The summed E-state index contributed by atoms with van der Waals surface area (Å²) in [7, 11) is 4.36. The number of rotatable bonds is 6. The van der Waals surface area contributed by atoms with Crippen molar-refractivity contribution in [2.24, 2.45) is 0 Å². The molecular formula is C27H35ClN6O. The van der Waals surface area contributed by atoms with Crippen molar-refractivity contribution in [1.29, 1.82) is 0 Å². The molecule has 3 aromatic rings. The largest absolute Gasteiger partial charge is 0.350 e. The zero-order valence-electron chi connectivity index (χ0n) is 20.7. The lowest BCUT2D eigenvalue weighted by Gasteiger charge is -2.50. The second-order valence-corrected chi connectivity index (χ2v) is 10.7. The van der Waals surface area contributed by atoms with Crippen LogP contribution in [0.1, 0.15) is 55.3 Å². The van der Waals surface area contributed by atoms with Gasteiger partial charge in [0.15, 0.2) is 0 Å². The minimum absolute atomic E-state index is 0.0376. The van der Waals surface area contributed by atoms with E-state index in [0.717, 1.165) is 36.8 Å². The minimum atomic E-state index is -0.0918. The number of halogens is 1. The number of fused-ring (bicyclic) bond motifs is 1. The van der Waals surface area contributed by atoms with Crippen molar-refractivity contribution in [1.82, 2.24) is 29.7 Å². The monoisotopic (exact) mass is 494 g/mol. The molecule has 1 aliphatic carbocycles. The number of aromatic nitrogens is 3. The van der Waals surface area contributed by atoms with Gasteiger partial charge in [-0.2, -0.15) is 0 Å². The Kier molecular flexibility index (Phi) is 7.09. The van der Waals surface area contributed by atoms with Crippen LogP contribution < -0.4 is 5.32 Å². The smallest absolute Gasteiger partial charge is 0.253 e. The molecule has 1 saturated heterocycles. The van der Waals surface area contributed by atoms with Gasteiger partial charge in [-0.15, -0.1) is 0 Å². The van der Waals surface area contributed by atoms with Crippen LogP contribution in [-0.4, -0.2) is 75.6 Å². The molecule has 1 aliphatic heterocycles. The zero-order valence-corrected chi connectivity index (χ0v) is 21.5. The van der Waals surface area contributed by atoms with E-state index < -0.39 is 0 Å². The predicted octanol–water partition coefficient (Wildman–Crippen LogP) is 4.53. The summed E-state index contributed by atoms with van der Waals surface area (Å²) in [5.41, 5.74) is 1.43. The molecular weight excluding hydrogens is 460 g/mol. The first-order chi connectivity index (χ1) is 17.0. The van der Waals surface area contributed by atoms with Crippen molar-refractivity contribution in [2.75, 3.05) is 33.7 Å². The maximum Gasteiger partial charge on any atom is 0.253 e. The quantitative estimate of drug-likeness (QED) is 0.545. The molecule has 0 atom stereocenters. The molecule has 0 spiro atoms. The molecule has 0 radical (unpaired) electrons. The summed E-state index contributed by atoms with van der Waals surface area (Å²) in [5.74, 6) is 0.428. The highest BCUT2D eigenvalue weighted by atomic mass is 35.5. The molecule has 1 N–H and O–H groups in total. The van der Waals surface area contributed by atoms with E-state index in [-0.39, 0.29) is 11.4 Å². The summed E-state index contributed by atoms with van der Waals surface area (Å²) in [4.78, 5) is 27.4. The molecule has 1 amide bonds. The van der Waals surface area contributed by atoms with Crippen LogP contribution >= 0.6 is 11.6 Å². The molecule has 1 aromatic carbocycles. The summed E-state index contributed by atoms with van der Waals surface area (Å²) in [6.07, 6.45) is 13.6. The van der Waals surface area contributed by atoms with Gasteiger partial charge in [-0.1, -0.05) is 36.9 Å². The lowest BCUT2D eigenvalue weighted by atomic mass is 9.78. The van der Waals surface area contributed by atoms with E-state index >= 15 is 0 Å². The van der Waals surface area contributed by atoms with Crippen molar-refractivity contribution in [3.05, 3.63) is 53.4 Å². The standard InChI is InChI=1S/C27H35ClN6O/c1-32(2)20-10-16-33(17-11-20)27(12-4-3-5-13-27)19-31-25(35)21-18-34(26-29-14-7-15-30-26)23-9-6-8-22(28)24(21)23/h6-9,14-15,18,20H,3-5,10-13,16-17,19H2,1-2H3,(H,31,35). The summed E-state index contributed by atoms with van der Waals surface area (Å²) in [6.45, 7) is 2.85. The van der Waals surface area contributed by atoms with Crippen molar-refractivity contribution in [2.45, 2.75) is 56.5 Å². The van der Waals surface area contributed by atoms with E-state index in [1.54, 1.807) is 18.5 Å². The van der Waals surface area contributed by atoms with E-state index in [9.17, 15) is 4.79 Å². The molecule has 0 bridgehead atoms. The SMILES string of the molecule is CN(C)C1CCN(C2(CNC(=O)c3cn(-c4ncccn4)c4cccc(Cl)c34)CCCCC2)CC1. The zero-order chi connectivity index (χ0) is 24.4. The van der Waals surface area contributed by atoms with E-state index in [1.165, 1.54) is 32.1 Å². The number of benzene rings is 1. The van der Waals surface area contributed by atoms with Crippen LogP contribution in [-0.2, 0) is 0 Å². The van der Waals surface area contributed by atoms with Gasteiger partial charge >= 0.3 is 0 Å². The van der Waals surface area contributed by atoms with Crippen LogP contribution in [0.2, 0.25) is 5.02 Å². The number of piperidine rings is 1. The second-order valence-electron chi connectivity index (χ2n) is 10.2. The second kappa shape index (κ2) is 10.2. The van der Waals surface area contributed by atoms with Gasteiger partial charge in [-0.3, -0.25) is 14.3 Å². The minimum Gasteiger partial charge on any atom is -0.350 e. The highest BCUT2D eigenvalue weighted by Crippen LogP contribution is 2.36. The number of carbonyl (C=O) groups is 1. The fourth-order valence-corrected chi connectivity index (χ4v) is 6.28. The molecule has 3 heterocycles. The van der Waals surface area contributed by atoms with Crippen LogP contribution in [0.5, 0.6) is 0 Å². The van der Waals surface area contributed by atoms with Gasteiger partial charge in [0, 0.05) is 55.2 Å². The summed E-state index contributed by atoms with van der Waals surface area (Å²) >= 11 is 6.60. The van der Waals surface area contributed by atoms with Gasteiger partial charge in [0.05, 0.1) is 16.1 Å². The van der Waals surface area contributed by atoms with Crippen molar-refractivity contribution >= 4 is 28.4 Å². The van der Waals surface area contributed by atoms with E-state index in [2.05, 4.69) is 39.2 Å². The maximum absolute atomic E-state index is 13.6. The van der Waals surface area contributed by atoms with Crippen molar-refractivity contribution in [3.8, 4) is 5.95 Å². The molecule has 2 aliphatic rings. The van der Waals surface area contributed by atoms with E-state index in [0.29, 0.717) is 29.1 Å². The number of carbonyl (C=O) groups excluding carboxylic acids is 1. The van der Waals surface area contributed by atoms with Gasteiger partial charge in [-0.25, -0.2) is 9.97 Å². The normalized spacial score (nSPS) is 19.3. The first-order valence-electron chi connectivity index (χ1n) is 12.8. The Balaban J connectivity index is 1.39. The average molecular weight is 495 g/mol. The fourth-order valence-electron chi connectivity index (χ4n) is 6.01. The van der Waals surface area contributed by atoms with Crippen molar-refractivity contribution in [3.63, 3.8) is 0 Å². The Morgan fingerprint density at radius 3 is 2.51 bits per heavy atom. The Labute approximate surface area is 212 Å². The third-order valence-electron chi connectivity index (χ3n) is 8.02. The molecule has 186 valence electrons.